The third-order valence-electron chi connectivity index (χ3n) is 2.90. The average molecular weight is 354 g/mol. The van der Waals surface area contributed by atoms with Gasteiger partial charge < -0.3 is 10.6 Å². The molecule has 0 aliphatic carbocycles. The molecule has 0 saturated carbocycles. The first-order chi connectivity index (χ1) is 9.49. The van der Waals surface area contributed by atoms with Crippen LogP contribution in [-0.2, 0) is 13.0 Å². The molecule has 0 spiro atoms. The Labute approximate surface area is 130 Å². The average Bonchev–Trinajstić information content (AvgIpc) is 2.82. The van der Waals surface area contributed by atoms with Crippen LogP contribution in [0.2, 0.25) is 0 Å². The second kappa shape index (κ2) is 6.37. The summed E-state index contributed by atoms with van der Waals surface area (Å²) in [6.07, 6.45) is 0.756. The largest absolute Gasteiger partial charge is 0.384 e. The van der Waals surface area contributed by atoms with Crippen LogP contribution < -0.4 is 5.73 Å². The zero-order valence-corrected chi connectivity index (χ0v) is 13.8. The quantitative estimate of drug-likeness (QED) is 0.916. The number of nitrogens with two attached hydrogens (primary N) is 1. The molecule has 2 rings (SSSR count). The molecule has 0 radical (unpaired) electrons. The minimum atomic E-state index is -0.0453. The van der Waals surface area contributed by atoms with Crippen molar-refractivity contribution in [2.75, 3.05) is 12.8 Å². The van der Waals surface area contributed by atoms with Crippen molar-refractivity contribution >= 4 is 39.0 Å². The smallest absolute Gasteiger partial charge is 0.254 e. The lowest BCUT2D eigenvalue weighted by atomic mass is 10.1. The Kier molecular flexibility index (Phi) is 4.77. The lowest BCUT2D eigenvalue weighted by Gasteiger charge is -2.17. The summed E-state index contributed by atoms with van der Waals surface area (Å²) in [5, 5.41) is 2.03. The minimum Gasteiger partial charge on any atom is -0.384 e. The molecule has 2 heterocycles. The highest BCUT2D eigenvalue weighted by Crippen LogP contribution is 2.22. The second-order valence-corrected chi connectivity index (χ2v) is 6.84. The fraction of sp³-hybridized carbons (Fsp3) is 0.286. The first-order valence-electron chi connectivity index (χ1n) is 6.24. The predicted octanol–water partition coefficient (Wildman–Crippen LogP) is 3.32. The van der Waals surface area contributed by atoms with Crippen LogP contribution in [0.1, 0.15) is 28.5 Å². The van der Waals surface area contributed by atoms with Crippen LogP contribution >= 0.6 is 27.3 Å². The van der Waals surface area contributed by atoms with Crippen molar-refractivity contribution in [2.24, 2.45) is 0 Å². The molecule has 0 saturated heterocycles. The summed E-state index contributed by atoms with van der Waals surface area (Å²) in [6, 6.07) is 5.45. The Balaban J connectivity index is 2.15. The maximum Gasteiger partial charge on any atom is 0.254 e. The summed E-state index contributed by atoms with van der Waals surface area (Å²) in [5.41, 5.74) is 8.27. The molecule has 1 amide bonds. The number of pyridine rings is 1. The van der Waals surface area contributed by atoms with Crippen molar-refractivity contribution in [3.8, 4) is 0 Å². The van der Waals surface area contributed by atoms with Gasteiger partial charge in [0.15, 0.2) is 0 Å². The van der Waals surface area contributed by atoms with Crippen LogP contribution in [0.5, 0.6) is 0 Å². The van der Waals surface area contributed by atoms with E-state index in [-0.39, 0.29) is 5.91 Å². The van der Waals surface area contributed by atoms with E-state index in [0.29, 0.717) is 17.9 Å². The van der Waals surface area contributed by atoms with Gasteiger partial charge in [-0.25, -0.2) is 4.98 Å². The van der Waals surface area contributed by atoms with Gasteiger partial charge in [-0.3, -0.25) is 4.79 Å². The van der Waals surface area contributed by atoms with Gasteiger partial charge in [-0.15, -0.1) is 11.3 Å². The van der Waals surface area contributed by atoms with Crippen LogP contribution in [0.4, 0.5) is 5.82 Å². The Morgan fingerprint density at radius 2 is 2.20 bits per heavy atom. The van der Waals surface area contributed by atoms with Crippen molar-refractivity contribution in [3.05, 3.63) is 44.2 Å². The van der Waals surface area contributed by atoms with Gasteiger partial charge >= 0.3 is 0 Å². The van der Waals surface area contributed by atoms with Crippen molar-refractivity contribution in [3.63, 3.8) is 0 Å². The van der Waals surface area contributed by atoms with Crippen molar-refractivity contribution in [1.82, 2.24) is 9.88 Å². The maximum atomic E-state index is 12.4. The second-order valence-electron chi connectivity index (χ2n) is 4.55. The molecule has 0 aromatic carbocycles. The Morgan fingerprint density at radius 3 is 2.80 bits per heavy atom. The number of nitrogens with zero attached hydrogens (tertiary/aromatic N) is 2. The van der Waals surface area contributed by atoms with Crippen molar-refractivity contribution < 1.29 is 4.79 Å². The van der Waals surface area contributed by atoms with Crippen LogP contribution in [-0.4, -0.2) is 22.8 Å². The van der Waals surface area contributed by atoms with Crippen molar-refractivity contribution in [1.29, 1.82) is 0 Å². The first kappa shape index (κ1) is 15.0. The molecule has 106 valence electrons. The fourth-order valence-electron chi connectivity index (χ4n) is 1.91. The molecule has 0 bridgehead atoms. The number of anilines is 1. The van der Waals surface area contributed by atoms with E-state index in [2.05, 4.69) is 20.9 Å². The highest BCUT2D eigenvalue weighted by molar-refractivity contribution is 9.11. The molecule has 2 aromatic rings. The molecule has 2 N–H and O–H groups in total. The maximum absolute atomic E-state index is 12.4. The molecule has 20 heavy (non-hydrogen) atoms. The molecule has 2 aromatic heterocycles. The lowest BCUT2D eigenvalue weighted by molar-refractivity contribution is 0.0785. The number of amides is 1. The number of rotatable bonds is 4. The highest BCUT2D eigenvalue weighted by atomic mass is 79.9. The van der Waals surface area contributed by atoms with Gasteiger partial charge in [0.05, 0.1) is 3.79 Å². The number of thiophene rings is 1. The molecule has 0 atom stereocenters. The minimum absolute atomic E-state index is 0.0453. The first-order valence-corrected chi connectivity index (χ1v) is 7.91. The van der Waals surface area contributed by atoms with Crippen molar-refractivity contribution in [2.45, 2.75) is 19.9 Å². The van der Waals surface area contributed by atoms with Gasteiger partial charge in [-0.2, -0.15) is 0 Å². The Hall–Kier alpha value is -1.40. The van der Waals surface area contributed by atoms with Crippen LogP contribution in [0.3, 0.4) is 0 Å². The fourth-order valence-corrected chi connectivity index (χ4v) is 3.11. The van der Waals surface area contributed by atoms with E-state index < -0.39 is 0 Å². The zero-order chi connectivity index (χ0) is 14.7. The van der Waals surface area contributed by atoms with E-state index >= 15 is 0 Å². The molecule has 0 aliphatic rings. The molecule has 6 heteroatoms. The third kappa shape index (κ3) is 3.58. The SMILES string of the molecule is CCc1cc(C(=O)N(C)Cc2csc(Br)c2)cc(N)n1. The van der Waals surface area contributed by atoms with Crippen LogP contribution in [0.15, 0.2) is 27.4 Å². The molecule has 0 aliphatic heterocycles. The van der Waals surface area contributed by atoms with E-state index in [9.17, 15) is 4.79 Å². The van der Waals surface area contributed by atoms with Gasteiger partial charge in [0.25, 0.3) is 5.91 Å². The molecule has 4 nitrogen and oxygen atoms in total. The Morgan fingerprint density at radius 1 is 1.45 bits per heavy atom. The van der Waals surface area contributed by atoms with E-state index in [1.165, 1.54) is 0 Å². The van der Waals surface area contributed by atoms with E-state index in [0.717, 1.165) is 21.5 Å². The number of hydrogen-bond donors (Lipinski definition) is 1. The number of nitrogen functional groups attached to an aromatic ring is 1. The van der Waals surface area contributed by atoms with Crippen LogP contribution in [0.25, 0.3) is 0 Å². The van der Waals surface area contributed by atoms with Crippen LogP contribution in [0, 0.1) is 0 Å². The van der Waals surface area contributed by atoms with E-state index in [4.69, 9.17) is 5.73 Å². The standard InChI is InChI=1S/C14H16BrN3OS/c1-3-11-5-10(6-13(16)17-11)14(19)18(2)7-9-4-12(15)20-8-9/h4-6,8H,3,7H2,1-2H3,(H2,16,17). The monoisotopic (exact) mass is 353 g/mol. The zero-order valence-electron chi connectivity index (χ0n) is 11.4. The van der Waals surface area contributed by atoms with Gasteiger partial charge in [0.1, 0.15) is 5.82 Å². The van der Waals surface area contributed by atoms with Gasteiger partial charge in [-0.05, 0) is 51.5 Å². The number of halogens is 1. The number of carbonyl (C=O) groups is 1. The summed E-state index contributed by atoms with van der Waals surface area (Å²) >= 11 is 5.03. The van der Waals surface area contributed by atoms with E-state index in [1.807, 2.05) is 18.4 Å². The van der Waals surface area contributed by atoms with Gasteiger partial charge in [0, 0.05) is 24.8 Å². The Bertz CT molecular complexity index is 627. The number of carbonyl (C=O) groups excluding carboxylic acids is 1. The number of hydrogen-bond acceptors (Lipinski definition) is 4. The third-order valence-corrected chi connectivity index (χ3v) is 4.45. The summed E-state index contributed by atoms with van der Waals surface area (Å²) in [5.74, 6) is 0.343. The summed E-state index contributed by atoms with van der Waals surface area (Å²) in [7, 11) is 1.79. The topological polar surface area (TPSA) is 59.2 Å². The van der Waals surface area contributed by atoms with E-state index in [1.54, 1.807) is 35.4 Å². The predicted molar refractivity (Wildman–Crippen MR) is 85.8 cm³/mol. The normalized spacial score (nSPS) is 10.6. The summed E-state index contributed by atoms with van der Waals surface area (Å²) in [4.78, 5) is 18.3. The molecular formula is C14H16BrN3OS. The molecular weight excluding hydrogens is 338 g/mol. The number of aryl methyl sites for hydroxylation is 1. The summed E-state index contributed by atoms with van der Waals surface area (Å²) in [6.45, 7) is 2.56. The lowest BCUT2D eigenvalue weighted by Crippen LogP contribution is -2.26. The van der Waals surface area contributed by atoms with Gasteiger partial charge in [-0.1, -0.05) is 6.92 Å². The molecule has 0 unspecified atom stereocenters. The van der Waals surface area contributed by atoms with Gasteiger partial charge in [0.2, 0.25) is 0 Å². The molecule has 0 fully saturated rings. The number of aromatic nitrogens is 1. The summed E-state index contributed by atoms with van der Waals surface area (Å²) < 4.78 is 1.06. The highest BCUT2D eigenvalue weighted by Gasteiger charge is 2.14.